The number of aldehydes is 1. The van der Waals surface area contributed by atoms with E-state index >= 15 is 0 Å². The van der Waals surface area contributed by atoms with Crippen LogP contribution >= 0.6 is 0 Å². The van der Waals surface area contributed by atoms with E-state index in [-0.39, 0.29) is 5.92 Å². The second-order valence-corrected chi connectivity index (χ2v) is 2.83. The molecule has 0 spiro atoms. The third-order valence-corrected chi connectivity index (χ3v) is 2.02. The Balaban J connectivity index is 2.97. The second kappa shape index (κ2) is 2.75. The molecule has 0 saturated carbocycles. The third-order valence-electron chi connectivity index (χ3n) is 2.02. The molecule has 0 radical (unpaired) electrons. The Labute approximate surface area is 66.8 Å². The summed E-state index contributed by atoms with van der Waals surface area (Å²) in [6, 6.07) is 0. The first-order chi connectivity index (χ1) is 5.23. The summed E-state index contributed by atoms with van der Waals surface area (Å²) in [6.07, 6.45) is 13.6. The lowest BCUT2D eigenvalue weighted by Gasteiger charge is -2.25. The van der Waals surface area contributed by atoms with E-state index in [0.717, 1.165) is 6.29 Å². The predicted molar refractivity (Wildman–Crippen MR) is 44.8 cm³/mol. The molecule has 0 bridgehead atoms. The first-order valence-electron chi connectivity index (χ1n) is 3.52. The Morgan fingerprint density at radius 2 is 2.36 bits per heavy atom. The van der Waals surface area contributed by atoms with Crippen LogP contribution < -0.4 is 0 Å². The van der Waals surface area contributed by atoms with Gasteiger partial charge in [-0.2, -0.15) is 0 Å². The Hall–Kier alpha value is -1.29. The summed E-state index contributed by atoms with van der Waals surface area (Å²) in [5.74, 6) is 2.44. The van der Waals surface area contributed by atoms with Crippen LogP contribution in [0.15, 0.2) is 24.3 Å². The fourth-order valence-electron chi connectivity index (χ4n) is 1.08. The summed E-state index contributed by atoms with van der Waals surface area (Å²) in [7, 11) is 0. The zero-order valence-corrected chi connectivity index (χ0v) is 6.45. The van der Waals surface area contributed by atoms with Gasteiger partial charge in [0.05, 0.1) is 11.3 Å². The highest BCUT2D eigenvalue weighted by molar-refractivity contribution is 5.61. The van der Waals surface area contributed by atoms with Gasteiger partial charge >= 0.3 is 0 Å². The summed E-state index contributed by atoms with van der Waals surface area (Å²) in [6.45, 7) is 1.88. The lowest BCUT2D eigenvalue weighted by Crippen LogP contribution is -2.24. The second-order valence-electron chi connectivity index (χ2n) is 2.83. The Morgan fingerprint density at radius 1 is 1.64 bits per heavy atom. The van der Waals surface area contributed by atoms with Gasteiger partial charge in [0, 0.05) is 0 Å². The molecule has 0 aliphatic heterocycles. The van der Waals surface area contributed by atoms with Crippen LogP contribution in [-0.4, -0.2) is 6.29 Å². The van der Waals surface area contributed by atoms with Crippen LogP contribution in [-0.2, 0) is 4.79 Å². The quantitative estimate of drug-likeness (QED) is 0.405. The van der Waals surface area contributed by atoms with E-state index in [4.69, 9.17) is 6.42 Å². The smallest absolute Gasteiger partial charge is 0.128 e. The molecule has 1 heteroatoms. The molecule has 2 unspecified atom stereocenters. The third kappa shape index (κ3) is 1.25. The highest BCUT2D eigenvalue weighted by Gasteiger charge is 2.28. The van der Waals surface area contributed by atoms with Crippen molar-refractivity contribution >= 4 is 6.29 Å². The minimum Gasteiger partial charge on any atom is -0.303 e. The molecule has 1 aliphatic carbocycles. The van der Waals surface area contributed by atoms with Gasteiger partial charge in [0.15, 0.2) is 0 Å². The highest BCUT2D eigenvalue weighted by Crippen LogP contribution is 2.30. The first kappa shape index (κ1) is 7.81. The van der Waals surface area contributed by atoms with E-state index in [1.165, 1.54) is 0 Å². The van der Waals surface area contributed by atoms with E-state index < -0.39 is 5.41 Å². The molecule has 0 aromatic carbocycles. The van der Waals surface area contributed by atoms with Gasteiger partial charge in [0.2, 0.25) is 0 Å². The van der Waals surface area contributed by atoms with Crippen molar-refractivity contribution in [2.45, 2.75) is 6.92 Å². The summed E-state index contributed by atoms with van der Waals surface area (Å²) in [4.78, 5) is 10.6. The maximum atomic E-state index is 10.6. The molecule has 0 saturated heterocycles. The van der Waals surface area contributed by atoms with Gasteiger partial charge in [-0.15, -0.1) is 6.42 Å². The molecule has 56 valence electrons. The van der Waals surface area contributed by atoms with Crippen molar-refractivity contribution in [3.63, 3.8) is 0 Å². The fourth-order valence-corrected chi connectivity index (χ4v) is 1.08. The molecule has 1 rings (SSSR count). The molecule has 1 aliphatic rings. The first-order valence-corrected chi connectivity index (χ1v) is 3.52. The summed E-state index contributed by atoms with van der Waals surface area (Å²) in [5.41, 5.74) is -0.420. The van der Waals surface area contributed by atoms with Crippen molar-refractivity contribution in [2.24, 2.45) is 11.3 Å². The number of hydrogen-bond acceptors (Lipinski definition) is 1. The largest absolute Gasteiger partial charge is 0.303 e. The molecule has 0 amide bonds. The Morgan fingerprint density at radius 3 is 2.82 bits per heavy atom. The SMILES string of the molecule is C#CC1(C)C=CC=CC1C=O. The molecule has 0 heterocycles. The number of carbonyl (C=O) groups is 1. The van der Waals surface area contributed by atoms with Crippen LogP contribution in [0.2, 0.25) is 0 Å². The van der Waals surface area contributed by atoms with Crippen molar-refractivity contribution in [1.29, 1.82) is 0 Å². The van der Waals surface area contributed by atoms with Crippen LogP contribution in [0.1, 0.15) is 6.92 Å². The lowest BCUT2D eigenvalue weighted by atomic mass is 9.76. The van der Waals surface area contributed by atoms with Gasteiger partial charge < -0.3 is 4.79 Å². The van der Waals surface area contributed by atoms with Gasteiger partial charge in [-0.05, 0) is 6.92 Å². The maximum absolute atomic E-state index is 10.6. The van der Waals surface area contributed by atoms with E-state index in [1.54, 1.807) is 0 Å². The predicted octanol–water partition coefficient (Wildman–Crippen LogP) is 1.57. The molecule has 1 nitrogen and oxygen atoms in total. The van der Waals surface area contributed by atoms with Crippen LogP contribution in [0.5, 0.6) is 0 Å². The van der Waals surface area contributed by atoms with Gasteiger partial charge in [-0.3, -0.25) is 0 Å². The minimum atomic E-state index is -0.420. The lowest BCUT2D eigenvalue weighted by molar-refractivity contribution is -0.111. The Kier molecular flexibility index (Phi) is 1.96. The molecule has 0 fully saturated rings. The fraction of sp³-hybridized carbons (Fsp3) is 0.300. The number of hydrogen-bond donors (Lipinski definition) is 0. The normalized spacial score (nSPS) is 34.7. The van der Waals surface area contributed by atoms with E-state index in [0.29, 0.717) is 0 Å². The van der Waals surface area contributed by atoms with Crippen LogP contribution in [0.3, 0.4) is 0 Å². The van der Waals surface area contributed by atoms with Crippen molar-refractivity contribution in [1.82, 2.24) is 0 Å². The van der Waals surface area contributed by atoms with Crippen molar-refractivity contribution in [3.05, 3.63) is 24.3 Å². The average molecular weight is 146 g/mol. The van der Waals surface area contributed by atoms with Gasteiger partial charge in [0.1, 0.15) is 6.29 Å². The standard InChI is InChI=1S/C10H10O/c1-3-10(2)7-5-4-6-9(10)8-11/h1,4-9H,2H3. The topological polar surface area (TPSA) is 17.1 Å². The molecular weight excluding hydrogens is 136 g/mol. The molecular formula is C10H10O. The van der Waals surface area contributed by atoms with Gasteiger partial charge in [-0.1, -0.05) is 30.2 Å². The van der Waals surface area contributed by atoms with E-state index in [9.17, 15) is 4.79 Å². The molecule has 0 N–H and O–H groups in total. The number of terminal acetylenes is 1. The Bertz CT molecular complexity index is 255. The number of carbonyl (C=O) groups excluding carboxylic acids is 1. The van der Waals surface area contributed by atoms with Gasteiger partial charge in [0.25, 0.3) is 0 Å². The molecule has 0 aromatic rings. The van der Waals surface area contributed by atoms with Crippen LogP contribution in [0.4, 0.5) is 0 Å². The number of rotatable bonds is 1. The van der Waals surface area contributed by atoms with Crippen molar-refractivity contribution < 1.29 is 4.79 Å². The molecule has 0 aromatic heterocycles. The van der Waals surface area contributed by atoms with Gasteiger partial charge in [-0.25, -0.2) is 0 Å². The van der Waals surface area contributed by atoms with E-state index in [1.807, 2.05) is 31.2 Å². The molecule has 2 atom stereocenters. The monoisotopic (exact) mass is 146 g/mol. The summed E-state index contributed by atoms with van der Waals surface area (Å²) >= 11 is 0. The summed E-state index contributed by atoms with van der Waals surface area (Å²) < 4.78 is 0. The summed E-state index contributed by atoms with van der Waals surface area (Å²) in [5, 5.41) is 0. The van der Waals surface area contributed by atoms with E-state index in [2.05, 4.69) is 5.92 Å². The van der Waals surface area contributed by atoms with Crippen LogP contribution in [0.25, 0.3) is 0 Å². The van der Waals surface area contributed by atoms with Crippen molar-refractivity contribution in [2.75, 3.05) is 0 Å². The zero-order chi connectivity index (χ0) is 8.32. The van der Waals surface area contributed by atoms with Crippen molar-refractivity contribution in [3.8, 4) is 12.3 Å². The maximum Gasteiger partial charge on any atom is 0.128 e. The molecule has 11 heavy (non-hydrogen) atoms. The average Bonchev–Trinajstić information content (AvgIpc) is 2.05. The van der Waals surface area contributed by atoms with Crippen LogP contribution in [0, 0.1) is 23.7 Å². The minimum absolute atomic E-state index is 0.169. The zero-order valence-electron chi connectivity index (χ0n) is 6.45. The number of allylic oxidation sites excluding steroid dienone is 4. The highest BCUT2D eigenvalue weighted by atomic mass is 16.1.